The second-order valence-corrected chi connectivity index (χ2v) is 7.88. The lowest BCUT2D eigenvalue weighted by Crippen LogP contribution is -2.18. The van der Waals surface area contributed by atoms with E-state index >= 15 is 0 Å². The minimum atomic E-state index is -0.148. The topological polar surface area (TPSA) is 101 Å². The summed E-state index contributed by atoms with van der Waals surface area (Å²) >= 11 is 1.33. The number of aromatic nitrogens is 3. The van der Waals surface area contributed by atoms with Gasteiger partial charge in [-0.15, -0.1) is 10.2 Å². The summed E-state index contributed by atoms with van der Waals surface area (Å²) in [5.74, 6) is 2.61. The van der Waals surface area contributed by atoms with Crippen LogP contribution in [0.4, 0.5) is 5.69 Å². The summed E-state index contributed by atoms with van der Waals surface area (Å²) in [7, 11) is 0. The van der Waals surface area contributed by atoms with E-state index in [-0.39, 0.29) is 24.6 Å². The fourth-order valence-corrected chi connectivity index (χ4v) is 4.19. The number of furan rings is 1. The number of hydrogen-bond acceptors (Lipinski definition) is 8. The Kier molecular flexibility index (Phi) is 5.33. The first-order valence-corrected chi connectivity index (χ1v) is 10.7. The van der Waals surface area contributed by atoms with Gasteiger partial charge in [0.05, 0.1) is 24.7 Å². The molecule has 5 rings (SSSR count). The SMILES string of the molecule is O=C(CSc1nnc(-c2ccco2)n1C[C@@H]1CCCO1)Nc1ccc2c(c1)OCO2. The van der Waals surface area contributed by atoms with E-state index in [0.717, 1.165) is 19.4 Å². The molecule has 1 saturated heterocycles. The molecule has 9 nitrogen and oxygen atoms in total. The summed E-state index contributed by atoms with van der Waals surface area (Å²) < 4.78 is 23.9. The standard InChI is InChI=1S/C20H20N4O5S/c25-18(21-13-5-6-15-17(9-13)29-12-28-15)11-30-20-23-22-19(16-4-2-8-27-16)24(20)10-14-3-1-7-26-14/h2,4-6,8-9,14H,1,3,7,10-12H2,(H,21,25)/t14-/m0/s1. The molecule has 1 N–H and O–H groups in total. The van der Waals surface area contributed by atoms with Crippen LogP contribution in [0.3, 0.4) is 0 Å². The second kappa shape index (κ2) is 8.41. The molecule has 156 valence electrons. The van der Waals surface area contributed by atoms with Crippen LogP contribution in [0.5, 0.6) is 11.5 Å². The second-order valence-electron chi connectivity index (χ2n) is 6.93. The first-order chi connectivity index (χ1) is 14.8. The molecule has 2 aliphatic heterocycles. The van der Waals surface area contributed by atoms with Gasteiger partial charge >= 0.3 is 0 Å². The van der Waals surface area contributed by atoms with Crippen molar-refractivity contribution in [3.05, 3.63) is 36.6 Å². The van der Waals surface area contributed by atoms with Gasteiger partial charge in [0.25, 0.3) is 0 Å². The first-order valence-electron chi connectivity index (χ1n) is 9.67. The molecule has 3 aromatic rings. The molecular weight excluding hydrogens is 408 g/mol. The zero-order valence-electron chi connectivity index (χ0n) is 16.1. The molecule has 0 spiro atoms. The Morgan fingerprint density at radius 1 is 1.23 bits per heavy atom. The van der Waals surface area contributed by atoms with Gasteiger partial charge in [-0.25, -0.2) is 0 Å². The van der Waals surface area contributed by atoms with E-state index < -0.39 is 0 Å². The third-order valence-corrected chi connectivity index (χ3v) is 5.82. The van der Waals surface area contributed by atoms with E-state index in [0.29, 0.717) is 40.5 Å². The lowest BCUT2D eigenvalue weighted by atomic mass is 10.2. The molecule has 0 unspecified atom stereocenters. The van der Waals surface area contributed by atoms with Gasteiger partial charge in [0, 0.05) is 18.4 Å². The third kappa shape index (κ3) is 4.01. The van der Waals surface area contributed by atoms with Gasteiger partial charge in [-0.1, -0.05) is 11.8 Å². The number of fused-ring (bicyclic) bond motifs is 1. The third-order valence-electron chi connectivity index (χ3n) is 4.86. The van der Waals surface area contributed by atoms with Gasteiger partial charge in [0.15, 0.2) is 22.4 Å². The number of amides is 1. The van der Waals surface area contributed by atoms with E-state index in [1.54, 1.807) is 24.5 Å². The van der Waals surface area contributed by atoms with E-state index in [2.05, 4.69) is 15.5 Å². The predicted molar refractivity (Wildman–Crippen MR) is 109 cm³/mol. The van der Waals surface area contributed by atoms with E-state index in [1.807, 2.05) is 16.7 Å². The molecule has 1 fully saturated rings. The molecule has 30 heavy (non-hydrogen) atoms. The quantitative estimate of drug-likeness (QED) is 0.573. The van der Waals surface area contributed by atoms with Crippen molar-refractivity contribution in [3.8, 4) is 23.1 Å². The number of carbonyl (C=O) groups excluding carboxylic acids is 1. The molecule has 4 heterocycles. The zero-order valence-corrected chi connectivity index (χ0v) is 16.9. The van der Waals surface area contributed by atoms with Crippen LogP contribution in [0.15, 0.2) is 46.2 Å². The summed E-state index contributed by atoms with van der Waals surface area (Å²) in [6.45, 7) is 1.58. The van der Waals surface area contributed by atoms with Crippen molar-refractivity contribution in [1.82, 2.24) is 14.8 Å². The van der Waals surface area contributed by atoms with E-state index in [4.69, 9.17) is 18.6 Å². The molecule has 0 saturated carbocycles. The Balaban J connectivity index is 1.27. The number of carbonyl (C=O) groups is 1. The van der Waals surface area contributed by atoms with Crippen LogP contribution in [-0.4, -0.2) is 45.9 Å². The average Bonchev–Trinajstić information content (AvgIpc) is 3.53. The highest BCUT2D eigenvalue weighted by molar-refractivity contribution is 7.99. The Bertz CT molecular complexity index is 1030. The maximum absolute atomic E-state index is 12.5. The number of nitrogens with one attached hydrogen (secondary N) is 1. The van der Waals surface area contributed by atoms with Crippen molar-refractivity contribution in [2.45, 2.75) is 30.6 Å². The lowest BCUT2D eigenvalue weighted by molar-refractivity contribution is -0.113. The van der Waals surface area contributed by atoms with Crippen molar-refractivity contribution in [2.75, 3.05) is 24.5 Å². The smallest absolute Gasteiger partial charge is 0.234 e. The monoisotopic (exact) mass is 428 g/mol. The summed E-state index contributed by atoms with van der Waals surface area (Å²) in [6.07, 6.45) is 3.75. The number of hydrogen-bond donors (Lipinski definition) is 1. The normalized spacial score (nSPS) is 17.4. The minimum absolute atomic E-state index is 0.108. The van der Waals surface area contributed by atoms with Crippen molar-refractivity contribution < 1.29 is 23.4 Å². The molecule has 10 heteroatoms. The van der Waals surface area contributed by atoms with Crippen LogP contribution in [-0.2, 0) is 16.1 Å². The Morgan fingerprint density at radius 2 is 2.17 bits per heavy atom. The molecule has 2 aliphatic rings. The number of nitrogens with zero attached hydrogens (tertiary/aromatic N) is 3. The minimum Gasteiger partial charge on any atom is -0.461 e. The van der Waals surface area contributed by atoms with Gasteiger partial charge in [0.1, 0.15) is 0 Å². The van der Waals surface area contributed by atoms with Gasteiger partial charge in [-0.2, -0.15) is 0 Å². The number of anilines is 1. The van der Waals surface area contributed by atoms with Crippen LogP contribution >= 0.6 is 11.8 Å². The van der Waals surface area contributed by atoms with Crippen molar-refractivity contribution in [3.63, 3.8) is 0 Å². The number of rotatable bonds is 7. The summed E-state index contributed by atoms with van der Waals surface area (Å²) in [5, 5.41) is 12.1. The van der Waals surface area contributed by atoms with Gasteiger partial charge in [-0.3, -0.25) is 9.36 Å². The maximum Gasteiger partial charge on any atom is 0.234 e. The number of ether oxygens (including phenoxy) is 3. The fourth-order valence-electron chi connectivity index (χ4n) is 3.44. The summed E-state index contributed by atoms with van der Waals surface area (Å²) in [4.78, 5) is 12.5. The van der Waals surface area contributed by atoms with E-state index in [9.17, 15) is 4.79 Å². The highest BCUT2D eigenvalue weighted by Crippen LogP contribution is 2.34. The maximum atomic E-state index is 12.5. The van der Waals surface area contributed by atoms with Crippen molar-refractivity contribution in [1.29, 1.82) is 0 Å². The molecule has 0 bridgehead atoms. The molecule has 1 amide bonds. The van der Waals surface area contributed by atoms with Crippen LogP contribution in [0.2, 0.25) is 0 Å². The summed E-state index contributed by atoms with van der Waals surface area (Å²) in [6, 6.07) is 8.96. The Labute approximate surface area is 176 Å². The zero-order chi connectivity index (χ0) is 20.3. The highest BCUT2D eigenvalue weighted by atomic mass is 32.2. The average molecular weight is 428 g/mol. The van der Waals surface area contributed by atoms with Crippen LogP contribution in [0, 0.1) is 0 Å². The first kappa shape index (κ1) is 19.0. The summed E-state index contributed by atoms with van der Waals surface area (Å²) in [5.41, 5.74) is 0.655. The molecule has 1 atom stereocenters. The molecular formula is C20H20N4O5S. The highest BCUT2D eigenvalue weighted by Gasteiger charge is 2.23. The molecule has 0 radical (unpaired) electrons. The van der Waals surface area contributed by atoms with Crippen LogP contribution < -0.4 is 14.8 Å². The van der Waals surface area contributed by atoms with Crippen LogP contribution in [0.1, 0.15) is 12.8 Å². The molecule has 0 aliphatic carbocycles. The van der Waals surface area contributed by atoms with Crippen molar-refractivity contribution in [2.24, 2.45) is 0 Å². The largest absolute Gasteiger partial charge is 0.461 e. The van der Waals surface area contributed by atoms with Crippen LogP contribution in [0.25, 0.3) is 11.6 Å². The van der Waals surface area contributed by atoms with E-state index in [1.165, 1.54) is 11.8 Å². The van der Waals surface area contributed by atoms with Gasteiger partial charge in [-0.05, 0) is 37.1 Å². The predicted octanol–water partition coefficient (Wildman–Crippen LogP) is 3.18. The number of benzene rings is 1. The van der Waals surface area contributed by atoms with Gasteiger partial charge < -0.3 is 23.9 Å². The number of thioether (sulfide) groups is 1. The molecule has 2 aromatic heterocycles. The fraction of sp³-hybridized carbons (Fsp3) is 0.350. The Morgan fingerprint density at radius 3 is 3.00 bits per heavy atom. The molecule has 1 aromatic carbocycles. The Hall–Kier alpha value is -2.98. The lowest BCUT2D eigenvalue weighted by Gasteiger charge is -2.14. The van der Waals surface area contributed by atoms with Gasteiger partial charge in [0.2, 0.25) is 18.5 Å². The van der Waals surface area contributed by atoms with Crippen molar-refractivity contribution >= 4 is 23.4 Å².